The lowest BCUT2D eigenvalue weighted by Crippen LogP contribution is -1.92. The Bertz CT molecular complexity index is 725. The van der Waals surface area contributed by atoms with Gasteiger partial charge in [-0.2, -0.15) is 0 Å². The smallest absolute Gasteiger partial charge is 0.167 e. The fourth-order valence-corrected chi connectivity index (χ4v) is 2.36. The zero-order valence-electron chi connectivity index (χ0n) is 10.1. The molecule has 0 radical (unpaired) electrons. The van der Waals surface area contributed by atoms with Crippen molar-refractivity contribution in [2.24, 2.45) is 0 Å². The van der Waals surface area contributed by atoms with Gasteiger partial charge in [0.2, 0.25) is 0 Å². The van der Waals surface area contributed by atoms with Crippen LogP contribution in [-0.4, -0.2) is 10.7 Å². The molecule has 0 fully saturated rings. The van der Waals surface area contributed by atoms with Crippen molar-refractivity contribution < 1.29 is 4.79 Å². The third-order valence-corrected chi connectivity index (χ3v) is 3.27. The summed E-state index contributed by atoms with van der Waals surface area (Å²) in [5.74, 6) is 0. The molecule has 18 heavy (non-hydrogen) atoms. The molecule has 1 aromatic carbocycles. The molecule has 0 atom stereocenters. The topological polar surface area (TPSA) is 21.5 Å². The van der Waals surface area contributed by atoms with Crippen molar-refractivity contribution in [3.63, 3.8) is 0 Å². The predicted molar refractivity (Wildman–Crippen MR) is 73.0 cm³/mol. The number of carbonyl (C=O) groups is 1. The number of rotatable bonds is 2. The molecule has 0 aliphatic heterocycles. The normalized spacial score (nSPS) is 10.7. The number of benzene rings is 1. The molecule has 0 amide bonds. The van der Waals surface area contributed by atoms with E-state index in [9.17, 15) is 4.79 Å². The second-order valence-electron chi connectivity index (χ2n) is 4.37. The summed E-state index contributed by atoms with van der Waals surface area (Å²) in [6, 6.07) is 16.1. The minimum Gasteiger partial charge on any atom is -0.314 e. The summed E-state index contributed by atoms with van der Waals surface area (Å²) in [5.41, 5.74) is 5.03. The van der Waals surface area contributed by atoms with Gasteiger partial charge in [-0.1, -0.05) is 30.3 Å². The van der Waals surface area contributed by atoms with E-state index >= 15 is 0 Å². The lowest BCUT2D eigenvalue weighted by molar-refractivity contribution is 0.111. The fourth-order valence-electron chi connectivity index (χ4n) is 2.36. The van der Waals surface area contributed by atoms with E-state index in [1.807, 2.05) is 40.9 Å². The highest BCUT2D eigenvalue weighted by atomic mass is 16.1. The van der Waals surface area contributed by atoms with Gasteiger partial charge < -0.3 is 4.40 Å². The van der Waals surface area contributed by atoms with Gasteiger partial charge >= 0.3 is 0 Å². The van der Waals surface area contributed by atoms with Crippen LogP contribution in [0.1, 0.15) is 16.1 Å². The summed E-state index contributed by atoms with van der Waals surface area (Å²) >= 11 is 0. The largest absolute Gasteiger partial charge is 0.314 e. The maximum Gasteiger partial charge on any atom is 0.167 e. The molecule has 0 aliphatic rings. The molecule has 0 aliphatic carbocycles. The first-order valence-electron chi connectivity index (χ1n) is 5.92. The Balaban J connectivity index is 2.36. The molecule has 0 saturated heterocycles. The highest BCUT2D eigenvalue weighted by Crippen LogP contribution is 2.29. The SMILES string of the molecule is Cc1ccccc1-c1cc2ccccn2c1C=O. The fraction of sp³-hybridized carbons (Fsp3) is 0.0625. The third kappa shape index (κ3) is 1.54. The van der Waals surface area contributed by atoms with Crippen molar-refractivity contribution in [3.8, 4) is 11.1 Å². The molecule has 0 unspecified atom stereocenters. The van der Waals surface area contributed by atoms with E-state index in [0.717, 1.165) is 22.9 Å². The average Bonchev–Trinajstić information content (AvgIpc) is 2.77. The number of fused-ring (bicyclic) bond motifs is 1. The molecule has 3 aromatic rings. The number of hydrogen-bond donors (Lipinski definition) is 0. The van der Waals surface area contributed by atoms with E-state index in [4.69, 9.17) is 0 Å². The van der Waals surface area contributed by atoms with Crippen LogP contribution < -0.4 is 0 Å². The summed E-state index contributed by atoms with van der Waals surface area (Å²) in [5, 5.41) is 0. The van der Waals surface area contributed by atoms with Crippen molar-refractivity contribution in [1.82, 2.24) is 4.40 Å². The van der Waals surface area contributed by atoms with Crippen molar-refractivity contribution in [2.75, 3.05) is 0 Å². The Labute approximate surface area is 105 Å². The Hall–Kier alpha value is -2.35. The first-order chi connectivity index (χ1) is 8.81. The van der Waals surface area contributed by atoms with Crippen LogP contribution in [0.5, 0.6) is 0 Å². The van der Waals surface area contributed by atoms with Crippen molar-refractivity contribution in [1.29, 1.82) is 0 Å². The van der Waals surface area contributed by atoms with E-state index in [1.54, 1.807) is 0 Å². The summed E-state index contributed by atoms with van der Waals surface area (Å²) < 4.78 is 1.93. The van der Waals surface area contributed by atoms with Gasteiger partial charge in [0.05, 0.1) is 5.69 Å². The number of hydrogen-bond acceptors (Lipinski definition) is 1. The van der Waals surface area contributed by atoms with E-state index in [0.29, 0.717) is 5.69 Å². The van der Waals surface area contributed by atoms with Crippen molar-refractivity contribution in [2.45, 2.75) is 6.92 Å². The van der Waals surface area contributed by atoms with Crippen molar-refractivity contribution >= 4 is 11.8 Å². The molecular weight excluding hydrogens is 222 g/mol. The summed E-state index contributed by atoms with van der Waals surface area (Å²) in [4.78, 5) is 11.4. The second-order valence-corrected chi connectivity index (χ2v) is 4.37. The first kappa shape index (κ1) is 10.8. The molecule has 3 rings (SSSR count). The van der Waals surface area contributed by atoms with E-state index in [1.165, 1.54) is 5.56 Å². The molecule has 0 bridgehead atoms. The quantitative estimate of drug-likeness (QED) is 0.620. The van der Waals surface area contributed by atoms with Gasteiger partial charge in [0, 0.05) is 17.3 Å². The van der Waals surface area contributed by atoms with Gasteiger partial charge in [0.1, 0.15) is 0 Å². The average molecular weight is 235 g/mol. The molecule has 2 nitrogen and oxygen atoms in total. The van der Waals surface area contributed by atoms with Gasteiger partial charge in [0.25, 0.3) is 0 Å². The monoisotopic (exact) mass is 235 g/mol. The second kappa shape index (κ2) is 4.15. The number of aromatic nitrogens is 1. The molecule has 88 valence electrons. The summed E-state index contributed by atoms with van der Waals surface area (Å²) in [6.07, 6.45) is 2.84. The van der Waals surface area contributed by atoms with Gasteiger partial charge in [-0.15, -0.1) is 0 Å². The predicted octanol–water partition coefficient (Wildman–Crippen LogP) is 3.73. The van der Waals surface area contributed by atoms with Crippen LogP contribution in [0.4, 0.5) is 0 Å². The first-order valence-corrected chi connectivity index (χ1v) is 5.92. The zero-order valence-corrected chi connectivity index (χ0v) is 10.1. The summed E-state index contributed by atoms with van der Waals surface area (Å²) in [7, 11) is 0. The molecule has 0 saturated carbocycles. The molecule has 0 N–H and O–H groups in total. The maximum atomic E-state index is 11.4. The van der Waals surface area contributed by atoms with Crippen LogP contribution >= 0.6 is 0 Å². The standard InChI is InChI=1S/C16H13NO/c1-12-6-2-3-8-14(12)15-10-13-7-4-5-9-17(13)16(15)11-18/h2-11H,1H3. The van der Waals surface area contributed by atoms with Crippen LogP contribution in [0.15, 0.2) is 54.7 Å². The van der Waals surface area contributed by atoms with Crippen LogP contribution in [0, 0.1) is 6.92 Å². The number of aldehydes is 1. The molecular formula is C16H13NO. The Kier molecular flexibility index (Phi) is 2.49. The molecule has 2 heteroatoms. The van der Waals surface area contributed by atoms with Gasteiger partial charge in [0.15, 0.2) is 6.29 Å². The van der Waals surface area contributed by atoms with E-state index in [-0.39, 0.29) is 0 Å². The number of nitrogens with zero attached hydrogens (tertiary/aromatic N) is 1. The molecule has 2 aromatic heterocycles. The van der Waals surface area contributed by atoms with Crippen LogP contribution in [0.25, 0.3) is 16.6 Å². The van der Waals surface area contributed by atoms with E-state index in [2.05, 4.69) is 25.1 Å². The van der Waals surface area contributed by atoms with Gasteiger partial charge in [-0.3, -0.25) is 4.79 Å². The zero-order chi connectivity index (χ0) is 12.5. The number of carbonyl (C=O) groups excluding carboxylic acids is 1. The van der Waals surface area contributed by atoms with Crippen LogP contribution in [-0.2, 0) is 0 Å². The minimum atomic E-state index is 0.708. The Morgan fingerprint density at radius 2 is 1.78 bits per heavy atom. The summed E-state index contributed by atoms with van der Waals surface area (Å²) in [6.45, 7) is 2.06. The number of aryl methyl sites for hydroxylation is 1. The maximum absolute atomic E-state index is 11.4. The number of pyridine rings is 1. The van der Waals surface area contributed by atoms with Crippen molar-refractivity contribution in [3.05, 3.63) is 66.0 Å². The van der Waals surface area contributed by atoms with Gasteiger partial charge in [-0.25, -0.2) is 0 Å². The van der Waals surface area contributed by atoms with E-state index < -0.39 is 0 Å². The van der Waals surface area contributed by atoms with Crippen LogP contribution in [0.3, 0.4) is 0 Å². The highest BCUT2D eigenvalue weighted by molar-refractivity contribution is 5.90. The minimum absolute atomic E-state index is 0.708. The molecule has 2 heterocycles. The van der Waals surface area contributed by atoms with Crippen LogP contribution in [0.2, 0.25) is 0 Å². The molecule has 0 spiro atoms. The third-order valence-electron chi connectivity index (χ3n) is 3.27. The lowest BCUT2D eigenvalue weighted by atomic mass is 10.0. The lowest BCUT2D eigenvalue weighted by Gasteiger charge is -2.04. The van der Waals surface area contributed by atoms with Gasteiger partial charge in [-0.05, 0) is 36.2 Å². The Morgan fingerprint density at radius 3 is 2.56 bits per heavy atom. The Morgan fingerprint density at radius 1 is 1.00 bits per heavy atom. The highest BCUT2D eigenvalue weighted by Gasteiger charge is 2.12.